The Kier molecular flexibility index (Phi) is 14.1. The summed E-state index contributed by atoms with van der Waals surface area (Å²) < 4.78 is 17.7. The Bertz CT molecular complexity index is 1310. The monoisotopic (exact) mass is 615 g/mol. The van der Waals surface area contributed by atoms with Gasteiger partial charge in [-0.1, -0.05) is 49.4 Å². The molecular formula is C31H46FN7O5. The molecule has 0 bridgehead atoms. The van der Waals surface area contributed by atoms with Gasteiger partial charge in [-0.2, -0.15) is 9.36 Å². The van der Waals surface area contributed by atoms with Crippen LogP contribution in [0.3, 0.4) is 0 Å². The van der Waals surface area contributed by atoms with E-state index in [1.54, 1.807) is 28.0 Å². The Hall–Kier alpha value is -3.49. The molecule has 0 aliphatic carbocycles. The number of aliphatic hydroxyl groups is 3. The predicted octanol–water partition coefficient (Wildman–Crippen LogP) is 1.30. The van der Waals surface area contributed by atoms with Gasteiger partial charge in [-0.3, -0.25) is 14.6 Å². The first-order chi connectivity index (χ1) is 21.3. The Morgan fingerprint density at radius 3 is 1.95 bits per heavy atom. The minimum atomic E-state index is -0.658. The molecule has 3 aromatic rings. The molecule has 0 spiro atoms. The van der Waals surface area contributed by atoms with Gasteiger partial charge in [0.25, 0.3) is 0 Å². The fourth-order valence-electron chi connectivity index (χ4n) is 5.57. The molecule has 0 unspecified atom stereocenters. The van der Waals surface area contributed by atoms with Crippen LogP contribution in [0.5, 0.6) is 0 Å². The highest BCUT2D eigenvalue weighted by molar-refractivity contribution is 5.95. The van der Waals surface area contributed by atoms with Crippen LogP contribution in [0.1, 0.15) is 38.7 Å². The maximum Gasteiger partial charge on any atom is 0.363 e. The van der Waals surface area contributed by atoms with E-state index in [0.29, 0.717) is 70.9 Å². The number of amides is 1. The highest BCUT2D eigenvalue weighted by atomic mass is 19.1. The van der Waals surface area contributed by atoms with Gasteiger partial charge in [-0.05, 0) is 47.9 Å². The maximum atomic E-state index is 15.0. The zero-order valence-corrected chi connectivity index (χ0v) is 25.8. The van der Waals surface area contributed by atoms with Crippen molar-refractivity contribution in [1.82, 2.24) is 29.6 Å². The van der Waals surface area contributed by atoms with Gasteiger partial charge >= 0.3 is 5.69 Å². The molecule has 12 nitrogen and oxygen atoms in total. The lowest BCUT2D eigenvalue weighted by Crippen LogP contribution is -2.56. The molecule has 1 amide bonds. The SMILES string of the molecule is CCC(=O)N(c1ccccc1F)C1(c2ccccc2)CCN(CCn2nnn(CC)c2=O)CC1.OCCN(CCO)CCO. The number of benzene rings is 2. The molecular weight excluding hydrogens is 569 g/mol. The largest absolute Gasteiger partial charge is 0.395 e. The second-order valence-corrected chi connectivity index (χ2v) is 10.6. The summed E-state index contributed by atoms with van der Waals surface area (Å²) in [5.74, 6) is -0.509. The van der Waals surface area contributed by atoms with E-state index in [0.717, 1.165) is 5.56 Å². The van der Waals surface area contributed by atoms with Crippen LogP contribution in [0, 0.1) is 5.82 Å². The number of rotatable bonds is 14. The van der Waals surface area contributed by atoms with Gasteiger partial charge in [0.15, 0.2) is 0 Å². The van der Waals surface area contributed by atoms with E-state index in [2.05, 4.69) is 15.3 Å². The number of aliphatic hydroxyl groups excluding tert-OH is 3. The number of hydrogen-bond donors (Lipinski definition) is 3. The molecule has 0 saturated carbocycles. The predicted molar refractivity (Wildman–Crippen MR) is 166 cm³/mol. The second-order valence-electron chi connectivity index (χ2n) is 10.6. The fourth-order valence-corrected chi connectivity index (χ4v) is 5.57. The molecule has 1 saturated heterocycles. The summed E-state index contributed by atoms with van der Waals surface area (Å²) in [7, 11) is 0. The van der Waals surface area contributed by atoms with Gasteiger partial charge in [-0.15, -0.1) is 0 Å². The molecule has 1 aliphatic rings. The van der Waals surface area contributed by atoms with Crippen molar-refractivity contribution in [3.05, 3.63) is 76.5 Å². The van der Waals surface area contributed by atoms with Gasteiger partial charge in [0.2, 0.25) is 5.91 Å². The van der Waals surface area contributed by atoms with Crippen molar-refractivity contribution in [2.75, 3.05) is 64.0 Å². The zero-order chi connectivity index (χ0) is 32.0. The van der Waals surface area contributed by atoms with Crippen LogP contribution in [0.2, 0.25) is 0 Å². The molecule has 1 fully saturated rings. The van der Waals surface area contributed by atoms with Crippen molar-refractivity contribution in [1.29, 1.82) is 0 Å². The lowest BCUT2D eigenvalue weighted by atomic mass is 9.78. The normalized spacial score (nSPS) is 14.7. The first kappa shape index (κ1) is 35.0. The summed E-state index contributed by atoms with van der Waals surface area (Å²) in [6, 6.07) is 16.4. The number of tetrazole rings is 1. The number of likely N-dealkylation sites (tertiary alicyclic amines) is 1. The molecule has 0 radical (unpaired) electrons. The number of hydrogen-bond acceptors (Lipinski definition) is 9. The third kappa shape index (κ3) is 8.79. The van der Waals surface area contributed by atoms with E-state index in [-0.39, 0.29) is 37.8 Å². The molecule has 1 aromatic heterocycles. The molecule has 44 heavy (non-hydrogen) atoms. The van der Waals surface area contributed by atoms with Crippen molar-refractivity contribution in [2.45, 2.75) is 51.7 Å². The quantitative estimate of drug-likeness (QED) is 0.245. The van der Waals surface area contributed by atoms with Crippen LogP contribution in [0.4, 0.5) is 10.1 Å². The van der Waals surface area contributed by atoms with Crippen LogP contribution in [0.15, 0.2) is 59.4 Å². The van der Waals surface area contributed by atoms with Crippen molar-refractivity contribution in [3.63, 3.8) is 0 Å². The lowest BCUT2D eigenvalue weighted by Gasteiger charge is -2.49. The van der Waals surface area contributed by atoms with E-state index in [4.69, 9.17) is 15.3 Å². The van der Waals surface area contributed by atoms with Gasteiger partial charge in [0.05, 0.1) is 37.6 Å². The van der Waals surface area contributed by atoms with Crippen LogP contribution in [-0.2, 0) is 23.4 Å². The van der Waals surface area contributed by atoms with Crippen molar-refractivity contribution in [2.24, 2.45) is 0 Å². The summed E-state index contributed by atoms with van der Waals surface area (Å²) >= 11 is 0. The van der Waals surface area contributed by atoms with Crippen LogP contribution in [0.25, 0.3) is 0 Å². The van der Waals surface area contributed by atoms with Gasteiger partial charge in [0.1, 0.15) is 5.82 Å². The first-order valence-electron chi connectivity index (χ1n) is 15.3. The van der Waals surface area contributed by atoms with Crippen LogP contribution < -0.4 is 10.6 Å². The number of nitrogens with zero attached hydrogens (tertiary/aromatic N) is 7. The minimum absolute atomic E-state index is 0.0694. The topological polar surface area (TPSA) is 140 Å². The Balaban J connectivity index is 0.000000456. The smallest absolute Gasteiger partial charge is 0.363 e. The summed E-state index contributed by atoms with van der Waals surface area (Å²) in [4.78, 5) is 31.3. The van der Waals surface area contributed by atoms with Crippen LogP contribution in [-0.4, -0.2) is 110 Å². The summed E-state index contributed by atoms with van der Waals surface area (Å²) in [6.07, 6.45) is 1.57. The highest BCUT2D eigenvalue weighted by Gasteiger charge is 2.44. The Morgan fingerprint density at radius 2 is 1.43 bits per heavy atom. The molecule has 0 atom stereocenters. The number of aryl methyl sites for hydroxylation is 1. The van der Waals surface area contributed by atoms with Crippen molar-refractivity contribution >= 4 is 11.6 Å². The molecule has 2 heterocycles. The first-order valence-corrected chi connectivity index (χ1v) is 15.3. The summed E-state index contributed by atoms with van der Waals surface area (Å²) in [6.45, 7) is 8.40. The van der Waals surface area contributed by atoms with E-state index < -0.39 is 11.4 Å². The molecule has 4 rings (SSSR count). The molecule has 242 valence electrons. The van der Waals surface area contributed by atoms with Gasteiger partial charge in [-0.25, -0.2) is 9.18 Å². The van der Waals surface area contributed by atoms with E-state index in [1.165, 1.54) is 15.4 Å². The van der Waals surface area contributed by atoms with Crippen LogP contribution >= 0.6 is 0 Å². The number of para-hydroxylation sites is 1. The van der Waals surface area contributed by atoms with Crippen molar-refractivity contribution in [3.8, 4) is 0 Å². The molecule has 13 heteroatoms. The average Bonchev–Trinajstić information content (AvgIpc) is 3.41. The van der Waals surface area contributed by atoms with Gasteiger partial charge < -0.3 is 20.2 Å². The van der Waals surface area contributed by atoms with Crippen molar-refractivity contribution < 1.29 is 24.5 Å². The molecule has 3 N–H and O–H groups in total. The minimum Gasteiger partial charge on any atom is -0.395 e. The highest BCUT2D eigenvalue weighted by Crippen LogP contribution is 2.43. The number of aromatic nitrogens is 4. The van der Waals surface area contributed by atoms with E-state index in [9.17, 15) is 14.0 Å². The summed E-state index contributed by atoms with van der Waals surface area (Å²) in [5, 5.41) is 33.3. The number of halogens is 1. The number of carbonyl (C=O) groups excluding carboxylic acids is 1. The Labute approximate surface area is 257 Å². The molecule has 1 aliphatic heterocycles. The van der Waals surface area contributed by atoms with Gasteiger partial charge in [0, 0.05) is 52.2 Å². The number of anilines is 1. The lowest BCUT2D eigenvalue weighted by molar-refractivity contribution is -0.120. The standard InChI is InChI=1S/C25H31FN6O2.C6H15NO3/c1-3-23(33)32(22-13-9-8-12-21(22)26)25(20-10-6-5-7-11-20)14-16-29(17-15-25)18-19-31-24(34)30(4-2)27-28-31;8-4-1-7(2-5-9)3-6-10/h5-13H,3-4,14-19H2,1-2H3;8-10H,1-6H2. The average molecular weight is 616 g/mol. The maximum absolute atomic E-state index is 15.0. The number of carbonyl (C=O) groups is 1. The third-order valence-electron chi connectivity index (χ3n) is 7.94. The second kappa shape index (κ2) is 17.7. The third-order valence-corrected chi connectivity index (χ3v) is 7.94. The summed E-state index contributed by atoms with van der Waals surface area (Å²) in [5.41, 5.74) is 0.448. The van der Waals surface area contributed by atoms with E-state index >= 15 is 0 Å². The fraction of sp³-hybridized carbons (Fsp3) is 0.548. The Morgan fingerprint density at radius 1 is 0.864 bits per heavy atom. The number of piperidine rings is 1. The zero-order valence-electron chi connectivity index (χ0n) is 25.8. The van der Waals surface area contributed by atoms with E-state index in [1.807, 2.05) is 44.2 Å². The molecule has 2 aromatic carbocycles.